The van der Waals surface area contributed by atoms with Gasteiger partial charge >= 0.3 is 0 Å². The van der Waals surface area contributed by atoms with Crippen molar-refractivity contribution in [3.63, 3.8) is 0 Å². The number of H-pyrrole nitrogens is 1. The number of nitrogens with one attached hydrogen (secondary N) is 3. The van der Waals surface area contributed by atoms with Crippen molar-refractivity contribution in [3.05, 3.63) is 35.0 Å². The van der Waals surface area contributed by atoms with E-state index < -0.39 is 12.5 Å². The molecule has 0 bridgehead atoms. The first-order valence-corrected chi connectivity index (χ1v) is 9.43. The van der Waals surface area contributed by atoms with Crippen LogP contribution in [0, 0.1) is 13.8 Å². The van der Waals surface area contributed by atoms with Crippen LogP contribution >= 0.6 is 0 Å². The number of aromatic amines is 1. The summed E-state index contributed by atoms with van der Waals surface area (Å²) in [6.45, 7) is 7.28. The molecule has 2 amide bonds. The Balaban J connectivity index is 1.84. The molecule has 7 nitrogen and oxygen atoms in total. The molecule has 2 unspecified atom stereocenters. The molecule has 4 N–H and O–H groups in total. The molecule has 0 spiro atoms. The predicted octanol–water partition coefficient (Wildman–Crippen LogP) is 0.972. The molecule has 1 aromatic heterocycles. The normalized spacial score (nSPS) is 20.1. The zero-order valence-corrected chi connectivity index (χ0v) is 16.1. The smallest absolute Gasteiger partial charge is 0.245 e. The van der Waals surface area contributed by atoms with E-state index in [1.165, 1.54) is 16.5 Å². The summed E-state index contributed by atoms with van der Waals surface area (Å²) in [7, 11) is 0. The van der Waals surface area contributed by atoms with Crippen LogP contribution in [0.1, 0.15) is 30.2 Å². The molecule has 3 rings (SSSR count). The molecule has 1 fully saturated rings. The molecule has 1 aliphatic rings. The quantitative estimate of drug-likeness (QED) is 0.607. The van der Waals surface area contributed by atoms with Crippen molar-refractivity contribution >= 4 is 22.7 Å². The minimum atomic E-state index is -0.539. The summed E-state index contributed by atoms with van der Waals surface area (Å²) in [5, 5.41) is 15.9. The minimum Gasteiger partial charge on any atom is -0.387 e. The maximum Gasteiger partial charge on any atom is 0.245 e. The second-order valence-electron chi connectivity index (χ2n) is 7.22. The van der Waals surface area contributed by atoms with Crippen molar-refractivity contribution < 1.29 is 14.7 Å². The fourth-order valence-electron chi connectivity index (χ4n) is 3.94. The third kappa shape index (κ3) is 3.99. The van der Waals surface area contributed by atoms with E-state index in [1.807, 2.05) is 6.92 Å². The molecule has 2 aromatic rings. The zero-order chi connectivity index (χ0) is 19.6. The second kappa shape index (κ2) is 8.10. The van der Waals surface area contributed by atoms with Crippen molar-refractivity contribution in [2.45, 2.75) is 45.8 Å². The molecule has 0 aliphatic carbocycles. The Bertz CT molecular complexity index is 845. The minimum absolute atomic E-state index is 0.0248. The van der Waals surface area contributed by atoms with Crippen molar-refractivity contribution in [1.29, 1.82) is 0 Å². The number of rotatable bonds is 6. The number of carbonyl (C=O) groups is 2. The van der Waals surface area contributed by atoms with Crippen LogP contribution in [0.3, 0.4) is 0 Å². The topological polar surface area (TPSA) is 97.5 Å². The summed E-state index contributed by atoms with van der Waals surface area (Å²) in [5.74, 6) is -0.433. The van der Waals surface area contributed by atoms with Gasteiger partial charge in [-0.1, -0.05) is 18.2 Å². The Morgan fingerprint density at radius 3 is 2.78 bits per heavy atom. The van der Waals surface area contributed by atoms with E-state index in [1.54, 1.807) is 0 Å². The number of benzene rings is 1. The predicted molar refractivity (Wildman–Crippen MR) is 104 cm³/mol. The molecule has 146 valence electrons. The first-order valence-electron chi connectivity index (χ1n) is 9.43. The van der Waals surface area contributed by atoms with Crippen molar-refractivity contribution in [1.82, 2.24) is 20.5 Å². The monoisotopic (exact) mass is 372 g/mol. The van der Waals surface area contributed by atoms with Crippen LogP contribution in [0.25, 0.3) is 10.9 Å². The van der Waals surface area contributed by atoms with Gasteiger partial charge in [0.05, 0.1) is 6.04 Å². The summed E-state index contributed by atoms with van der Waals surface area (Å²) < 4.78 is 0. The number of amides is 2. The van der Waals surface area contributed by atoms with Crippen LogP contribution < -0.4 is 10.6 Å². The highest BCUT2D eigenvalue weighted by atomic mass is 16.3. The summed E-state index contributed by atoms with van der Waals surface area (Å²) in [5.41, 5.74) is 4.59. The maximum atomic E-state index is 12.5. The third-order valence-corrected chi connectivity index (χ3v) is 5.33. The number of hydrogen-bond donors (Lipinski definition) is 4. The Kier molecular flexibility index (Phi) is 5.82. The molecule has 27 heavy (non-hydrogen) atoms. The van der Waals surface area contributed by atoms with Crippen LogP contribution in [0.5, 0.6) is 0 Å². The molecule has 2 atom stereocenters. The lowest BCUT2D eigenvalue weighted by Crippen LogP contribution is -2.42. The molecule has 7 heteroatoms. The lowest BCUT2D eigenvalue weighted by molar-refractivity contribution is -0.126. The van der Waals surface area contributed by atoms with E-state index >= 15 is 0 Å². The maximum absolute atomic E-state index is 12.5. The van der Waals surface area contributed by atoms with Gasteiger partial charge in [0.25, 0.3) is 0 Å². The van der Waals surface area contributed by atoms with Gasteiger partial charge in [0.15, 0.2) is 0 Å². The number of nitrogens with zero attached hydrogens (tertiary/aromatic N) is 1. The van der Waals surface area contributed by atoms with Gasteiger partial charge < -0.3 is 20.7 Å². The molecule has 1 aromatic carbocycles. The zero-order valence-electron chi connectivity index (χ0n) is 16.1. The molecular weight excluding hydrogens is 344 g/mol. The lowest BCUT2D eigenvalue weighted by Gasteiger charge is -2.23. The first-order chi connectivity index (χ1) is 12.9. The van der Waals surface area contributed by atoms with Crippen molar-refractivity contribution in [3.8, 4) is 0 Å². The fraction of sp³-hybridized carbons (Fsp3) is 0.500. The summed E-state index contributed by atoms with van der Waals surface area (Å²) in [4.78, 5) is 29.7. The Morgan fingerprint density at radius 1 is 1.33 bits per heavy atom. The average molecular weight is 372 g/mol. The SMILES string of the molecule is CCNC(=O)C1CC(NC(=O)CO)CN1Cc1[nH]c2c(C)cccc2c1C. The van der Waals surface area contributed by atoms with Crippen LogP contribution in [0.4, 0.5) is 0 Å². The van der Waals surface area contributed by atoms with Gasteiger partial charge in [-0.2, -0.15) is 0 Å². The van der Waals surface area contributed by atoms with Crippen LogP contribution in [-0.4, -0.2) is 58.6 Å². The fourth-order valence-corrected chi connectivity index (χ4v) is 3.94. The number of hydrogen-bond acceptors (Lipinski definition) is 4. The molecule has 2 heterocycles. The van der Waals surface area contributed by atoms with E-state index in [2.05, 4.69) is 52.6 Å². The molecule has 1 aliphatic heterocycles. The van der Waals surface area contributed by atoms with Crippen LogP contribution in [0.15, 0.2) is 18.2 Å². The summed E-state index contributed by atoms with van der Waals surface area (Å²) >= 11 is 0. The van der Waals surface area contributed by atoms with Gasteiger partial charge in [-0.3, -0.25) is 14.5 Å². The van der Waals surface area contributed by atoms with Crippen LogP contribution in [0.2, 0.25) is 0 Å². The molecule has 0 radical (unpaired) electrons. The molecule has 0 saturated carbocycles. The number of aromatic nitrogens is 1. The summed E-state index contributed by atoms with van der Waals surface area (Å²) in [6.07, 6.45) is 0.538. The highest BCUT2D eigenvalue weighted by Crippen LogP contribution is 2.27. The van der Waals surface area contributed by atoms with Gasteiger partial charge in [-0.15, -0.1) is 0 Å². The third-order valence-electron chi connectivity index (χ3n) is 5.33. The number of carbonyl (C=O) groups excluding carboxylic acids is 2. The number of aliphatic hydroxyl groups is 1. The highest BCUT2D eigenvalue weighted by molar-refractivity contribution is 5.87. The number of fused-ring (bicyclic) bond motifs is 1. The van der Waals surface area contributed by atoms with Gasteiger partial charge in [-0.25, -0.2) is 0 Å². The van der Waals surface area contributed by atoms with Gasteiger partial charge in [0.1, 0.15) is 6.61 Å². The number of likely N-dealkylation sites (N-methyl/N-ethyl adjacent to an activating group) is 1. The van der Waals surface area contributed by atoms with E-state index in [-0.39, 0.29) is 18.0 Å². The van der Waals surface area contributed by atoms with Crippen LogP contribution in [-0.2, 0) is 16.1 Å². The van der Waals surface area contributed by atoms with E-state index in [0.29, 0.717) is 26.1 Å². The second-order valence-corrected chi connectivity index (χ2v) is 7.22. The Hall–Kier alpha value is -2.38. The Morgan fingerprint density at radius 2 is 2.11 bits per heavy atom. The number of aryl methyl sites for hydroxylation is 2. The van der Waals surface area contributed by atoms with Gasteiger partial charge in [0, 0.05) is 42.3 Å². The van der Waals surface area contributed by atoms with Crippen molar-refractivity contribution in [2.75, 3.05) is 19.7 Å². The lowest BCUT2D eigenvalue weighted by atomic mass is 10.1. The molecular formula is C20H28N4O3. The van der Waals surface area contributed by atoms with E-state index in [4.69, 9.17) is 5.11 Å². The highest BCUT2D eigenvalue weighted by Gasteiger charge is 2.37. The number of para-hydroxylation sites is 1. The van der Waals surface area contributed by atoms with E-state index in [9.17, 15) is 9.59 Å². The van der Waals surface area contributed by atoms with Gasteiger partial charge in [-0.05, 0) is 38.3 Å². The first kappa shape index (κ1) is 19.4. The average Bonchev–Trinajstić information content (AvgIpc) is 3.18. The summed E-state index contributed by atoms with van der Waals surface area (Å²) in [6, 6.07) is 5.78. The number of likely N-dealkylation sites (tertiary alicyclic amines) is 1. The molecule has 1 saturated heterocycles. The Labute approximate surface area is 159 Å². The van der Waals surface area contributed by atoms with Crippen molar-refractivity contribution in [2.24, 2.45) is 0 Å². The van der Waals surface area contributed by atoms with E-state index in [0.717, 1.165) is 11.2 Å². The van der Waals surface area contributed by atoms with Gasteiger partial charge in [0.2, 0.25) is 11.8 Å². The largest absolute Gasteiger partial charge is 0.387 e. The number of aliphatic hydroxyl groups excluding tert-OH is 1. The standard InChI is InChI=1S/C20H28N4O3/c1-4-21-20(27)17-8-14(22-18(26)11-25)9-24(17)10-16-13(3)15-7-5-6-12(2)19(15)23-16/h5-7,14,17,23,25H,4,8-11H2,1-3H3,(H,21,27)(H,22,26).